The summed E-state index contributed by atoms with van der Waals surface area (Å²) < 4.78 is 0. The Morgan fingerprint density at radius 1 is 1.11 bits per heavy atom. The van der Waals surface area contributed by atoms with E-state index in [0.29, 0.717) is 5.75 Å². The summed E-state index contributed by atoms with van der Waals surface area (Å²) >= 11 is 0. The van der Waals surface area contributed by atoms with Crippen molar-refractivity contribution in [2.24, 2.45) is 5.73 Å². The molecule has 0 atom stereocenters. The SMILES string of the molecule is Cl.NCCCCN1CCN(c2cccc(O)c2)CC1. The van der Waals surface area contributed by atoms with E-state index in [0.717, 1.165) is 51.4 Å². The Labute approximate surface area is 121 Å². The Morgan fingerprint density at radius 2 is 1.84 bits per heavy atom. The van der Waals surface area contributed by atoms with Crippen molar-refractivity contribution in [3.05, 3.63) is 24.3 Å². The molecular weight excluding hydrogens is 262 g/mol. The van der Waals surface area contributed by atoms with Gasteiger partial charge in [0, 0.05) is 37.9 Å². The number of piperazine rings is 1. The Morgan fingerprint density at radius 3 is 2.47 bits per heavy atom. The van der Waals surface area contributed by atoms with Crippen LogP contribution >= 0.6 is 12.4 Å². The summed E-state index contributed by atoms with van der Waals surface area (Å²) in [4.78, 5) is 4.83. The van der Waals surface area contributed by atoms with Gasteiger partial charge in [-0.1, -0.05) is 6.07 Å². The first-order valence-corrected chi connectivity index (χ1v) is 6.76. The second kappa shape index (κ2) is 8.25. The quantitative estimate of drug-likeness (QED) is 0.808. The van der Waals surface area contributed by atoms with E-state index in [1.54, 1.807) is 6.07 Å². The number of phenolic OH excluding ortho intramolecular Hbond substituents is 1. The molecule has 108 valence electrons. The molecule has 0 aromatic heterocycles. The third kappa shape index (κ3) is 4.90. The van der Waals surface area contributed by atoms with E-state index >= 15 is 0 Å². The van der Waals surface area contributed by atoms with Gasteiger partial charge >= 0.3 is 0 Å². The molecule has 0 unspecified atom stereocenters. The second-order valence-electron chi connectivity index (χ2n) is 4.84. The van der Waals surface area contributed by atoms with Crippen LogP contribution in [0.5, 0.6) is 5.75 Å². The van der Waals surface area contributed by atoms with Crippen LogP contribution in [-0.2, 0) is 0 Å². The molecule has 1 aromatic carbocycles. The molecule has 1 heterocycles. The van der Waals surface area contributed by atoms with Gasteiger partial charge in [0.05, 0.1) is 0 Å². The minimum atomic E-state index is 0. The predicted molar refractivity (Wildman–Crippen MR) is 82.3 cm³/mol. The Hall–Kier alpha value is -0.970. The van der Waals surface area contributed by atoms with Gasteiger partial charge in [0.2, 0.25) is 0 Å². The standard InChI is InChI=1S/C14H23N3O.ClH/c15-6-1-2-7-16-8-10-17(11-9-16)13-4-3-5-14(18)12-13;/h3-5,12,18H,1-2,6-11,15H2;1H. The molecule has 1 aromatic rings. The molecule has 1 aliphatic rings. The summed E-state index contributed by atoms with van der Waals surface area (Å²) in [6.07, 6.45) is 2.31. The molecule has 0 bridgehead atoms. The Bertz CT molecular complexity index is 367. The maximum atomic E-state index is 9.49. The fourth-order valence-electron chi connectivity index (χ4n) is 2.40. The number of nitrogens with zero attached hydrogens (tertiary/aromatic N) is 2. The van der Waals surface area contributed by atoms with Gasteiger partial charge in [-0.25, -0.2) is 0 Å². The number of halogens is 1. The van der Waals surface area contributed by atoms with Gasteiger partial charge in [-0.15, -0.1) is 12.4 Å². The number of hydrogen-bond donors (Lipinski definition) is 2. The largest absolute Gasteiger partial charge is 0.508 e. The van der Waals surface area contributed by atoms with Gasteiger partial charge in [0.25, 0.3) is 0 Å². The van der Waals surface area contributed by atoms with Crippen molar-refractivity contribution in [1.29, 1.82) is 0 Å². The highest BCUT2D eigenvalue weighted by Crippen LogP contribution is 2.21. The van der Waals surface area contributed by atoms with E-state index in [9.17, 15) is 5.11 Å². The van der Waals surface area contributed by atoms with Gasteiger partial charge < -0.3 is 15.7 Å². The van der Waals surface area contributed by atoms with Crippen LogP contribution in [-0.4, -0.2) is 49.3 Å². The molecule has 5 heteroatoms. The van der Waals surface area contributed by atoms with Gasteiger partial charge in [-0.05, 0) is 38.1 Å². The van der Waals surface area contributed by atoms with Crippen LogP contribution in [0.15, 0.2) is 24.3 Å². The molecule has 1 fully saturated rings. The first-order chi connectivity index (χ1) is 8.79. The predicted octanol–water partition coefficient (Wildman–Crippen LogP) is 1.67. The van der Waals surface area contributed by atoms with Gasteiger partial charge in [-0.3, -0.25) is 4.90 Å². The Kier molecular flexibility index (Phi) is 6.99. The van der Waals surface area contributed by atoms with Crippen LogP contribution in [0.1, 0.15) is 12.8 Å². The van der Waals surface area contributed by atoms with E-state index in [1.807, 2.05) is 12.1 Å². The Balaban J connectivity index is 0.00000180. The average molecular weight is 286 g/mol. The fourth-order valence-corrected chi connectivity index (χ4v) is 2.40. The minimum absolute atomic E-state index is 0. The van der Waals surface area contributed by atoms with Crippen LogP contribution in [0.4, 0.5) is 5.69 Å². The third-order valence-corrected chi connectivity index (χ3v) is 3.50. The number of phenols is 1. The fraction of sp³-hybridized carbons (Fsp3) is 0.571. The molecule has 4 nitrogen and oxygen atoms in total. The minimum Gasteiger partial charge on any atom is -0.508 e. The molecule has 1 saturated heterocycles. The van der Waals surface area contributed by atoms with Crippen LogP contribution in [0.2, 0.25) is 0 Å². The normalized spacial score (nSPS) is 16.2. The first kappa shape index (κ1) is 16.1. The highest BCUT2D eigenvalue weighted by Gasteiger charge is 2.16. The molecule has 1 aliphatic heterocycles. The van der Waals surface area contributed by atoms with E-state index in [-0.39, 0.29) is 12.4 Å². The lowest BCUT2D eigenvalue weighted by Crippen LogP contribution is -2.46. The number of benzene rings is 1. The lowest BCUT2D eigenvalue weighted by Gasteiger charge is -2.36. The van der Waals surface area contributed by atoms with Crippen LogP contribution in [0.3, 0.4) is 0 Å². The van der Waals surface area contributed by atoms with E-state index in [1.165, 1.54) is 6.42 Å². The summed E-state index contributed by atoms with van der Waals surface area (Å²) in [6.45, 7) is 6.22. The van der Waals surface area contributed by atoms with Crippen molar-refractivity contribution in [2.75, 3.05) is 44.2 Å². The van der Waals surface area contributed by atoms with Crippen molar-refractivity contribution >= 4 is 18.1 Å². The number of hydrogen-bond acceptors (Lipinski definition) is 4. The van der Waals surface area contributed by atoms with E-state index < -0.39 is 0 Å². The summed E-state index contributed by atoms with van der Waals surface area (Å²) in [5.41, 5.74) is 6.63. The average Bonchev–Trinajstić information content (AvgIpc) is 2.40. The van der Waals surface area contributed by atoms with Crippen molar-refractivity contribution in [2.45, 2.75) is 12.8 Å². The third-order valence-electron chi connectivity index (χ3n) is 3.50. The number of aromatic hydroxyl groups is 1. The van der Waals surface area contributed by atoms with Crippen molar-refractivity contribution < 1.29 is 5.11 Å². The monoisotopic (exact) mass is 285 g/mol. The number of unbranched alkanes of at least 4 members (excludes halogenated alkanes) is 1. The number of rotatable bonds is 5. The number of nitrogens with two attached hydrogens (primary N) is 1. The molecule has 0 aliphatic carbocycles. The van der Waals surface area contributed by atoms with Crippen molar-refractivity contribution in [3.8, 4) is 5.75 Å². The zero-order chi connectivity index (χ0) is 12.8. The molecular formula is C14H24ClN3O. The molecule has 0 amide bonds. The molecule has 3 N–H and O–H groups in total. The summed E-state index contributed by atoms with van der Waals surface area (Å²) in [7, 11) is 0. The lowest BCUT2D eigenvalue weighted by molar-refractivity contribution is 0.253. The van der Waals surface area contributed by atoms with Gasteiger partial charge in [-0.2, -0.15) is 0 Å². The molecule has 0 spiro atoms. The van der Waals surface area contributed by atoms with Crippen molar-refractivity contribution in [3.63, 3.8) is 0 Å². The van der Waals surface area contributed by atoms with Gasteiger partial charge in [0.15, 0.2) is 0 Å². The van der Waals surface area contributed by atoms with E-state index in [4.69, 9.17) is 5.73 Å². The molecule has 0 saturated carbocycles. The summed E-state index contributed by atoms with van der Waals surface area (Å²) in [5, 5.41) is 9.49. The summed E-state index contributed by atoms with van der Waals surface area (Å²) in [6, 6.07) is 7.51. The second-order valence-corrected chi connectivity index (χ2v) is 4.84. The molecule has 2 rings (SSSR count). The summed E-state index contributed by atoms with van der Waals surface area (Å²) in [5.74, 6) is 0.345. The van der Waals surface area contributed by atoms with Gasteiger partial charge in [0.1, 0.15) is 5.75 Å². The zero-order valence-electron chi connectivity index (χ0n) is 11.3. The van der Waals surface area contributed by atoms with Crippen LogP contribution in [0.25, 0.3) is 0 Å². The first-order valence-electron chi connectivity index (χ1n) is 6.76. The zero-order valence-corrected chi connectivity index (χ0v) is 12.1. The number of anilines is 1. The van der Waals surface area contributed by atoms with Crippen molar-refractivity contribution in [1.82, 2.24) is 4.90 Å². The maximum Gasteiger partial charge on any atom is 0.117 e. The molecule has 19 heavy (non-hydrogen) atoms. The highest BCUT2D eigenvalue weighted by atomic mass is 35.5. The van der Waals surface area contributed by atoms with Crippen LogP contribution < -0.4 is 10.6 Å². The highest BCUT2D eigenvalue weighted by molar-refractivity contribution is 5.85. The van der Waals surface area contributed by atoms with E-state index in [2.05, 4.69) is 15.9 Å². The maximum absolute atomic E-state index is 9.49. The molecule has 0 radical (unpaired) electrons. The lowest BCUT2D eigenvalue weighted by atomic mass is 10.2. The smallest absolute Gasteiger partial charge is 0.117 e. The topological polar surface area (TPSA) is 52.7 Å². The van der Waals surface area contributed by atoms with Crippen LogP contribution in [0, 0.1) is 0 Å².